The third-order valence-electron chi connectivity index (χ3n) is 3.95. The molecule has 0 atom stereocenters. The van der Waals surface area contributed by atoms with Gasteiger partial charge in [0.2, 0.25) is 5.88 Å². The van der Waals surface area contributed by atoms with Crippen molar-refractivity contribution in [2.24, 2.45) is 0 Å². The number of hydrogen-bond donors (Lipinski definition) is 0. The van der Waals surface area contributed by atoms with Gasteiger partial charge in [0.05, 0.1) is 12.5 Å². The van der Waals surface area contributed by atoms with Crippen molar-refractivity contribution in [2.75, 3.05) is 7.11 Å². The minimum Gasteiger partial charge on any atom is -0.493 e. The molecule has 5 nitrogen and oxygen atoms in total. The first-order chi connectivity index (χ1) is 12.8. The van der Waals surface area contributed by atoms with E-state index in [1.165, 1.54) is 13.4 Å². The number of hydrogen-bond acceptors (Lipinski definition) is 6. The van der Waals surface area contributed by atoms with E-state index in [2.05, 4.69) is 9.97 Å². The van der Waals surface area contributed by atoms with Crippen LogP contribution >= 0.6 is 11.3 Å². The van der Waals surface area contributed by atoms with Gasteiger partial charge in [-0.2, -0.15) is 0 Å². The number of carbonyl (C=O) groups is 1. The molecule has 128 valence electrons. The molecule has 0 spiro atoms. The fraction of sp³-hybridized carbons (Fsp3) is 0.0500. The van der Waals surface area contributed by atoms with E-state index in [0.29, 0.717) is 22.9 Å². The maximum atomic E-state index is 11.0. The van der Waals surface area contributed by atoms with Crippen molar-refractivity contribution in [3.05, 3.63) is 65.8 Å². The van der Waals surface area contributed by atoms with E-state index in [0.717, 1.165) is 27.6 Å². The second-order valence-electron chi connectivity index (χ2n) is 5.50. The number of fused-ring (bicyclic) bond motifs is 1. The zero-order valence-corrected chi connectivity index (χ0v) is 14.7. The third kappa shape index (κ3) is 2.91. The standard InChI is InChI=1S/C20H14N2O3S/c1-24-17-9-13(10-23)7-8-16(17)25-19-18-15(14-5-3-2-4-6-14)11-26-20(18)22-12-21-19/h2-12H,1H3. The fourth-order valence-electron chi connectivity index (χ4n) is 2.70. The van der Waals surface area contributed by atoms with E-state index in [9.17, 15) is 4.79 Å². The largest absolute Gasteiger partial charge is 0.493 e. The van der Waals surface area contributed by atoms with Gasteiger partial charge in [0.1, 0.15) is 17.4 Å². The molecule has 4 rings (SSSR count). The summed E-state index contributed by atoms with van der Waals surface area (Å²) in [6.45, 7) is 0. The molecule has 2 aromatic carbocycles. The normalized spacial score (nSPS) is 10.7. The first-order valence-electron chi connectivity index (χ1n) is 7.89. The van der Waals surface area contributed by atoms with Crippen LogP contribution in [0, 0.1) is 0 Å². The molecule has 0 aliphatic carbocycles. The molecule has 4 aromatic rings. The number of aromatic nitrogens is 2. The van der Waals surface area contributed by atoms with Gasteiger partial charge in [0.25, 0.3) is 0 Å². The number of carbonyl (C=O) groups excluding carboxylic acids is 1. The minimum absolute atomic E-state index is 0.451. The predicted molar refractivity (Wildman–Crippen MR) is 101 cm³/mol. The van der Waals surface area contributed by atoms with Crippen LogP contribution in [0.25, 0.3) is 21.3 Å². The molecule has 2 heterocycles. The molecule has 26 heavy (non-hydrogen) atoms. The Bertz CT molecular complexity index is 1080. The van der Waals surface area contributed by atoms with Gasteiger partial charge >= 0.3 is 0 Å². The van der Waals surface area contributed by atoms with Crippen LogP contribution in [0.15, 0.2) is 60.2 Å². The van der Waals surface area contributed by atoms with E-state index in [-0.39, 0.29) is 0 Å². The highest BCUT2D eigenvalue weighted by Gasteiger charge is 2.16. The Balaban J connectivity index is 1.83. The number of ether oxygens (including phenoxy) is 2. The summed E-state index contributed by atoms with van der Waals surface area (Å²) in [5.74, 6) is 1.41. The Morgan fingerprint density at radius 1 is 1.04 bits per heavy atom. The van der Waals surface area contributed by atoms with E-state index in [4.69, 9.17) is 9.47 Å². The van der Waals surface area contributed by atoms with Crippen molar-refractivity contribution >= 4 is 27.8 Å². The smallest absolute Gasteiger partial charge is 0.231 e. The first kappa shape index (κ1) is 16.2. The number of thiophene rings is 1. The lowest BCUT2D eigenvalue weighted by atomic mass is 10.1. The zero-order chi connectivity index (χ0) is 17.9. The molecule has 0 aliphatic rings. The van der Waals surface area contributed by atoms with Gasteiger partial charge in [-0.1, -0.05) is 30.3 Å². The lowest BCUT2D eigenvalue weighted by molar-refractivity contribution is 0.112. The van der Waals surface area contributed by atoms with Crippen molar-refractivity contribution in [1.82, 2.24) is 9.97 Å². The summed E-state index contributed by atoms with van der Waals surface area (Å²) < 4.78 is 11.4. The molecule has 0 saturated carbocycles. The molecule has 6 heteroatoms. The average Bonchev–Trinajstić information content (AvgIpc) is 3.14. The van der Waals surface area contributed by atoms with Crippen LogP contribution in [0.5, 0.6) is 17.4 Å². The average molecular weight is 362 g/mol. The van der Waals surface area contributed by atoms with Crippen LogP contribution in [0.4, 0.5) is 0 Å². The number of rotatable bonds is 5. The van der Waals surface area contributed by atoms with Crippen LogP contribution in [-0.4, -0.2) is 23.4 Å². The lowest BCUT2D eigenvalue weighted by Crippen LogP contribution is -1.95. The first-order valence-corrected chi connectivity index (χ1v) is 8.77. The Morgan fingerprint density at radius 2 is 1.88 bits per heavy atom. The maximum Gasteiger partial charge on any atom is 0.231 e. The van der Waals surface area contributed by atoms with Crippen LogP contribution < -0.4 is 9.47 Å². The predicted octanol–water partition coefficient (Wildman–Crippen LogP) is 4.97. The van der Waals surface area contributed by atoms with E-state index in [1.54, 1.807) is 29.5 Å². The van der Waals surface area contributed by atoms with Crippen molar-refractivity contribution in [1.29, 1.82) is 0 Å². The monoisotopic (exact) mass is 362 g/mol. The molecule has 0 N–H and O–H groups in total. The summed E-state index contributed by atoms with van der Waals surface area (Å²) in [5, 5.41) is 2.90. The van der Waals surface area contributed by atoms with Crippen molar-refractivity contribution < 1.29 is 14.3 Å². The molecule has 0 amide bonds. The second-order valence-corrected chi connectivity index (χ2v) is 6.36. The highest BCUT2D eigenvalue weighted by molar-refractivity contribution is 7.17. The topological polar surface area (TPSA) is 61.3 Å². The Labute approximate surface area is 153 Å². The SMILES string of the molecule is COc1cc(C=O)ccc1Oc1ncnc2scc(-c3ccccc3)c12. The van der Waals surface area contributed by atoms with Crippen LogP contribution in [0.3, 0.4) is 0 Å². The van der Waals surface area contributed by atoms with E-state index < -0.39 is 0 Å². The fourth-order valence-corrected chi connectivity index (χ4v) is 3.61. The van der Waals surface area contributed by atoms with Gasteiger partial charge in [0.15, 0.2) is 11.5 Å². The summed E-state index contributed by atoms with van der Waals surface area (Å²) in [5.41, 5.74) is 2.61. The number of benzene rings is 2. The minimum atomic E-state index is 0.451. The maximum absolute atomic E-state index is 11.0. The van der Waals surface area contributed by atoms with E-state index in [1.807, 2.05) is 35.7 Å². The zero-order valence-electron chi connectivity index (χ0n) is 13.9. The summed E-state index contributed by atoms with van der Waals surface area (Å²) >= 11 is 1.54. The van der Waals surface area contributed by atoms with Gasteiger partial charge in [-0.15, -0.1) is 11.3 Å². The molecule has 2 aromatic heterocycles. The highest BCUT2D eigenvalue weighted by Crippen LogP contribution is 2.40. The van der Waals surface area contributed by atoms with Gasteiger partial charge in [-0.25, -0.2) is 9.97 Å². The second kappa shape index (κ2) is 6.93. The van der Waals surface area contributed by atoms with Gasteiger partial charge in [0, 0.05) is 16.5 Å². The number of aldehydes is 1. The summed E-state index contributed by atoms with van der Waals surface area (Å²) in [7, 11) is 1.53. The molecule has 0 aliphatic heterocycles. The molecule has 0 bridgehead atoms. The Morgan fingerprint density at radius 3 is 2.65 bits per heavy atom. The number of nitrogens with zero attached hydrogens (tertiary/aromatic N) is 2. The molecule has 0 unspecified atom stereocenters. The summed E-state index contributed by atoms with van der Waals surface area (Å²) in [4.78, 5) is 20.5. The Hall–Kier alpha value is -3.25. The van der Waals surface area contributed by atoms with Crippen LogP contribution in [0.2, 0.25) is 0 Å². The third-order valence-corrected chi connectivity index (χ3v) is 4.84. The van der Waals surface area contributed by atoms with Crippen molar-refractivity contribution in [3.8, 4) is 28.5 Å². The van der Waals surface area contributed by atoms with Gasteiger partial charge < -0.3 is 9.47 Å². The van der Waals surface area contributed by atoms with Crippen LogP contribution in [0.1, 0.15) is 10.4 Å². The highest BCUT2D eigenvalue weighted by atomic mass is 32.1. The van der Waals surface area contributed by atoms with Crippen LogP contribution in [-0.2, 0) is 0 Å². The molecule has 0 radical (unpaired) electrons. The van der Waals surface area contributed by atoms with Gasteiger partial charge in [-0.3, -0.25) is 4.79 Å². The summed E-state index contributed by atoms with van der Waals surface area (Å²) in [6, 6.07) is 15.0. The quantitative estimate of drug-likeness (QED) is 0.469. The van der Waals surface area contributed by atoms with Crippen molar-refractivity contribution in [2.45, 2.75) is 0 Å². The lowest BCUT2D eigenvalue weighted by Gasteiger charge is -2.11. The number of methoxy groups -OCH3 is 1. The summed E-state index contributed by atoms with van der Waals surface area (Å²) in [6.07, 6.45) is 2.25. The molecule has 0 fully saturated rings. The Kier molecular flexibility index (Phi) is 4.33. The van der Waals surface area contributed by atoms with E-state index >= 15 is 0 Å². The molecular weight excluding hydrogens is 348 g/mol. The molecular formula is C20H14N2O3S. The van der Waals surface area contributed by atoms with Crippen molar-refractivity contribution in [3.63, 3.8) is 0 Å². The molecule has 0 saturated heterocycles. The van der Waals surface area contributed by atoms with Gasteiger partial charge in [-0.05, 0) is 23.8 Å².